The molecule has 4 aromatic rings. The van der Waals surface area contributed by atoms with Crippen LogP contribution in [0.3, 0.4) is 0 Å². The van der Waals surface area contributed by atoms with E-state index in [1.54, 1.807) is 0 Å². The van der Waals surface area contributed by atoms with Crippen LogP contribution >= 0.6 is 0 Å². The number of aromatic nitrogens is 1. The van der Waals surface area contributed by atoms with Crippen LogP contribution in [0.5, 0.6) is 11.6 Å². The number of carbonyl (C=O) groups is 2. The number of nitrogens with zero attached hydrogens (tertiary/aromatic N) is 2. The molecule has 0 unspecified atom stereocenters. The van der Waals surface area contributed by atoms with Crippen molar-refractivity contribution in [3.63, 3.8) is 0 Å². The number of ether oxygens (including phenoxy) is 2. The van der Waals surface area contributed by atoms with Crippen LogP contribution in [0.2, 0.25) is 18.1 Å². The van der Waals surface area contributed by atoms with Gasteiger partial charge in [-0.3, -0.25) is 14.5 Å². The lowest BCUT2D eigenvalue weighted by Gasteiger charge is -2.55. The Labute approximate surface area is 353 Å². The standard InChI is InChI=1S/C48H58F2N2O7Si/c1-46(2,3)23-17-22-31-37(49)38(50)32-24-30-25-33-39(52(7)8)42-36(45(51-58-42)57-27-29-20-15-12-16-21-29)44(55)48(33,59-60(9,10)47(4,5)6)43(54)34(30)40(53)35(32)41(31)56-26-28-18-13-11-14-19-28/h11-16,18-21,30,33,39,53H,17,22-27H2,1-10H3/t30-,33-,39-,48-/m0/s1. The summed E-state index contributed by atoms with van der Waals surface area (Å²) in [5.41, 5.74) is -0.732. The van der Waals surface area contributed by atoms with Crippen molar-refractivity contribution in [3.05, 3.63) is 117 Å². The monoisotopic (exact) mass is 840 g/mol. The minimum absolute atomic E-state index is 0.00105. The van der Waals surface area contributed by atoms with Gasteiger partial charge in [0.2, 0.25) is 11.6 Å². The molecule has 3 aliphatic rings. The number of benzene rings is 3. The van der Waals surface area contributed by atoms with Crippen LogP contribution in [-0.4, -0.2) is 54.7 Å². The number of aliphatic hydroxyl groups is 1. The number of Topliss-reactive ketones (excluding diaryl/α,β-unsaturated/α-hetero) is 2. The maximum absolute atomic E-state index is 16.6. The van der Waals surface area contributed by atoms with Crippen molar-refractivity contribution in [3.8, 4) is 11.6 Å². The number of hydrogen-bond donors (Lipinski definition) is 1. The summed E-state index contributed by atoms with van der Waals surface area (Å²) in [5.74, 6) is -5.44. The van der Waals surface area contributed by atoms with E-state index in [0.717, 1.165) is 17.5 Å². The molecule has 0 bridgehead atoms. The Kier molecular flexibility index (Phi) is 11.6. The van der Waals surface area contributed by atoms with Crippen LogP contribution < -0.4 is 9.47 Å². The first-order chi connectivity index (χ1) is 28.2. The first-order valence-electron chi connectivity index (χ1n) is 20.9. The molecule has 0 aliphatic heterocycles. The highest BCUT2D eigenvalue weighted by Crippen LogP contribution is 2.59. The third-order valence-electron chi connectivity index (χ3n) is 13.0. The third-order valence-corrected chi connectivity index (χ3v) is 17.4. The predicted octanol–water partition coefficient (Wildman–Crippen LogP) is 10.8. The molecule has 1 N–H and O–H groups in total. The van der Waals surface area contributed by atoms with Gasteiger partial charge in [-0.2, -0.15) is 0 Å². The molecule has 1 fully saturated rings. The first kappa shape index (κ1) is 43.4. The van der Waals surface area contributed by atoms with Crippen LogP contribution in [-0.2, 0) is 35.3 Å². The van der Waals surface area contributed by atoms with E-state index in [9.17, 15) is 5.11 Å². The molecule has 0 saturated heterocycles. The van der Waals surface area contributed by atoms with Crippen LogP contribution in [0, 0.1) is 28.9 Å². The van der Waals surface area contributed by atoms with Gasteiger partial charge in [-0.15, -0.1) is 0 Å². The Balaban J connectivity index is 1.43. The SMILES string of the molecule is CN(C)[C@@H]1c2onc(OCc3ccccc3)c2C(=O)[C@@]2(O[Si](C)(C)C(C)(C)C)C(=O)C3=C(O)c4c(c(F)c(F)c(CCCC(C)(C)C)c4OCc4ccccc4)C[C@H]3C[C@@H]12. The van der Waals surface area contributed by atoms with Crippen molar-refractivity contribution in [2.24, 2.45) is 17.3 Å². The molecule has 4 atom stereocenters. The number of aliphatic hydroxyl groups excluding tert-OH is 1. The molecule has 0 amide bonds. The highest BCUT2D eigenvalue weighted by molar-refractivity contribution is 6.74. The molecule has 1 aromatic heterocycles. The van der Waals surface area contributed by atoms with Gasteiger partial charge < -0.3 is 23.5 Å². The second-order valence-corrected chi connectivity index (χ2v) is 24.4. The lowest BCUT2D eigenvalue weighted by molar-refractivity contribution is -0.140. The smallest absolute Gasteiger partial charge is 0.265 e. The van der Waals surface area contributed by atoms with E-state index in [-0.39, 0.29) is 83.1 Å². The fraction of sp³-hybridized carbons (Fsp3) is 0.479. The zero-order chi connectivity index (χ0) is 43.5. The Morgan fingerprint density at radius 2 is 1.48 bits per heavy atom. The Morgan fingerprint density at radius 3 is 2.05 bits per heavy atom. The summed E-state index contributed by atoms with van der Waals surface area (Å²) in [5, 5.41) is 16.4. The zero-order valence-corrected chi connectivity index (χ0v) is 37.5. The average Bonchev–Trinajstić information content (AvgIpc) is 3.60. The average molecular weight is 841 g/mol. The van der Waals surface area contributed by atoms with Gasteiger partial charge in [0, 0.05) is 22.6 Å². The van der Waals surface area contributed by atoms with E-state index in [1.165, 1.54) is 0 Å². The Morgan fingerprint density at radius 1 is 0.883 bits per heavy atom. The van der Waals surface area contributed by atoms with Crippen molar-refractivity contribution in [2.45, 2.75) is 117 Å². The molecular weight excluding hydrogens is 783 g/mol. The molecule has 0 spiro atoms. The van der Waals surface area contributed by atoms with Gasteiger partial charge in [-0.25, -0.2) is 8.78 Å². The molecule has 1 saturated carbocycles. The fourth-order valence-corrected chi connectivity index (χ4v) is 10.4. The van der Waals surface area contributed by atoms with Crippen molar-refractivity contribution < 1.29 is 41.9 Å². The second-order valence-electron chi connectivity index (χ2n) is 19.6. The quantitative estimate of drug-likeness (QED) is 0.110. The van der Waals surface area contributed by atoms with Crippen molar-refractivity contribution in [2.75, 3.05) is 14.1 Å². The van der Waals surface area contributed by atoms with Gasteiger partial charge in [-0.1, -0.05) is 102 Å². The van der Waals surface area contributed by atoms with Crippen molar-refractivity contribution >= 4 is 25.6 Å². The van der Waals surface area contributed by atoms with E-state index >= 15 is 18.4 Å². The summed E-state index contributed by atoms with van der Waals surface area (Å²) in [6.07, 6.45) is 1.40. The molecule has 7 rings (SSSR count). The summed E-state index contributed by atoms with van der Waals surface area (Å²) in [7, 11) is 0.643. The molecule has 12 heteroatoms. The molecule has 320 valence electrons. The maximum Gasteiger partial charge on any atom is 0.265 e. The van der Waals surface area contributed by atoms with E-state index in [2.05, 4.69) is 25.9 Å². The second kappa shape index (κ2) is 16.0. The van der Waals surface area contributed by atoms with Crippen LogP contribution in [0.4, 0.5) is 8.78 Å². The number of hydrogen-bond acceptors (Lipinski definition) is 9. The van der Waals surface area contributed by atoms with Crippen molar-refractivity contribution in [1.29, 1.82) is 0 Å². The van der Waals surface area contributed by atoms with Gasteiger partial charge in [-0.05, 0) is 91.9 Å². The summed E-state index contributed by atoms with van der Waals surface area (Å²) in [4.78, 5) is 33.4. The molecule has 0 radical (unpaired) electrons. The van der Waals surface area contributed by atoms with E-state index in [0.29, 0.717) is 6.42 Å². The lowest BCUT2D eigenvalue weighted by Crippen LogP contribution is -2.68. The molecule has 1 heterocycles. The van der Waals surface area contributed by atoms with Gasteiger partial charge in [0.1, 0.15) is 30.3 Å². The lowest BCUT2D eigenvalue weighted by atomic mass is 9.57. The summed E-state index contributed by atoms with van der Waals surface area (Å²) in [6, 6.07) is 18.0. The normalized spacial score (nSPS) is 21.7. The summed E-state index contributed by atoms with van der Waals surface area (Å²) in [6.45, 7) is 16.4. The number of halogens is 2. The minimum Gasteiger partial charge on any atom is -0.507 e. The minimum atomic E-state index is -3.00. The summed E-state index contributed by atoms with van der Waals surface area (Å²) >= 11 is 0. The maximum atomic E-state index is 16.6. The van der Waals surface area contributed by atoms with Crippen LogP contribution in [0.25, 0.3) is 5.76 Å². The highest BCUT2D eigenvalue weighted by Gasteiger charge is 2.69. The fourth-order valence-electron chi connectivity index (χ4n) is 8.96. The molecule has 3 aromatic carbocycles. The number of fused-ring (bicyclic) bond motifs is 4. The van der Waals surface area contributed by atoms with Crippen LogP contribution in [0.1, 0.15) is 111 Å². The molecule has 9 nitrogen and oxygen atoms in total. The van der Waals surface area contributed by atoms with E-state index < -0.39 is 65.8 Å². The largest absolute Gasteiger partial charge is 0.507 e. The van der Waals surface area contributed by atoms with Crippen LogP contribution in [0.15, 0.2) is 70.8 Å². The topological polar surface area (TPSA) is 111 Å². The van der Waals surface area contributed by atoms with E-state index in [4.69, 9.17) is 18.4 Å². The Bertz CT molecular complexity index is 2310. The Hall–Kier alpha value is -4.65. The predicted molar refractivity (Wildman–Crippen MR) is 228 cm³/mol. The number of rotatable bonds is 12. The summed E-state index contributed by atoms with van der Waals surface area (Å²) < 4.78 is 58.9. The molecule has 3 aliphatic carbocycles. The first-order valence-corrected chi connectivity index (χ1v) is 23.8. The van der Waals surface area contributed by atoms with E-state index in [1.807, 2.05) is 114 Å². The molecule has 60 heavy (non-hydrogen) atoms. The van der Waals surface area contributed by atoms with Gasteiger partial charge >= 0.3 is 0 Å². The molecular formula is C48H58F2N2O7Si. The zero-order valence-electron chi connectivity index (χ0n) is 36.5. The highest BCUT2D eigenvalue weighted by atomic mass is 28.4. The number of carbonyl (C=O) groups excluding carboxylic acids is 2. The van der Waals surface area contributed by atoms with Crippen molar-refractivity contribution in [1.82, 2.24) is 10.1 Å². The van der Waals surface area contributed by atoms with Gasteiger partial charge in [0.25, 0.3) is 5.88 Å². The third kappa shape index (κ3) is 7.64. The number of ketones is 2. The van der Waals surface area contributed by atoms with Gasteiger partial charge in [0.05, 0.1) is 11.6 Å². The van der Waals surface area contributed by atoms with Gasteiger partial charge in [0.15, 0.2) is 31.3 Å².